The Kier molecular flexibility index (Phi) is 5.31. The van der Waals surface area contributed by atoms with Gasteiger partial charge < -0.3 is 15.4 Å². The fourth-order valence-electron chi connectivity index (χ4n) is 3.75. The quantitative estimate of drug-likeness (QED) is 0.370. The Morgan fingerprint density at radius 2 is 2.00 bits per heavy atom. The highest BCUT2D eigenvalue weighted by molar-refractivity contribution is 9.10. The maximum atomic E-state index is 13.2. The first-order valence-corrected chi connectivity index (χ1v) is 11.9. The number of anilines is 2. The number of nitrogens with one attached hydrogen (secondary N) is 2. The predicted molar refractivity (Wildman–Crippen MR) is 124 cm³/mol. The van der Waals surface area contributed by atoms with Gasteiger partial charge in [0.2, 0.25) is 11.0 Å². The molecule has 158 valence electrons. The minimum Gasteiger partial charge on any atom is -0.435 e. The highest BCUT2D eigenvalue weighted by atomic mass is 79.9. The minimum absolute atomic E-state index is 0.286. The molecule has 1 atom stereocenters. The molecule has 1 spiro atoms. The van der Waals surface area contributed by atoms with Crippen molar-refractivity contribution < 1.29 is 9.53 Å². The van der Waals surface area contributed by atoms with E-state index < -0.39 is 5.72 Å². The molecule has 0 radical (unpaired) electrons. The number of ether oxygens (including phenoxy) is 1. The summed E-state index contributed by atoms with van der Waals surface area (Å²) in [7, 11) is 0. The van der Waals surface area contributed by atoms with Gasteiger partial charge in [-0.15, -0.1) is 10.2 Å². The third kappa shape index (κ3) is 3.55. The van der Waals surface area contributed by atoms with Gasteiger partial charge in [0.25, 0.3) is 11.6 Å². The van der Waals surface area contributed by atoms with E-state index in [9.17, 15) is 4.79 Å². The zero-order valence-corrected chi connectivity index (χ0v) is 19.2. The topological polar surface area (TPSA) is 89.0 Å². The second-order valence-electron chi connectivity index (χ2n) is 7.40. The number of hydrogen-bond donors (Lipinski definition) is 2. The lowest BCUT2D eigenvalue weighted by Crippen LogP contribution is -2.47. The molecular weight excluding hydrogens is 478 g/mol. The van der Waals surface area contributed by atoms with E-state index in [0.29, 0.717) is 22.1 Å². The van der Waals surface area contributed by atoms with Gasteiger partial charge in [-0.05, 0) is 30.7 Å². The van der Waals surface area contributed by atoms with Crippen LogP contribution in [0, 0.1) is 0 Å². The summed E-state index contributed by atoms with van der Waals surface area (Å²) in [5.41, 5.74) is 1.94. The van der Waals surface area contributed by atoms with Gasteiger partial charge in [-0.3, -0.25) is 4.79 Å². The van der Waals surface area contributed by atoms with Crippen LogP contribution < -0.4 is 15.4 Å². The molecule has 0 saturated heterocycles. The summed E-state index contributed by atoms with van der Waals surface area (Å²) < 4.78 is 7.22. The zero-order chi connectivity index (χ0) is 21.4. The molecule has 9 heteroatoms. The van der Waals surface area contributed by atoms with Crippen molar-refractivity contribution in [3.05, 3.63) is 52.5 Å². The molecule has 0 fully saturated rings. The van der Waals surface area contributed by atoms with E-state index in [1.807, 2.05) is 42.5 Å². The molecule has 3 heterocycles. The van der Waals surface area contributed by atoms with Crippen molar-refractivity contribution in [3.63, 3.8) is 0 Å². The van der Waals surface area contributed by atoms with Gasteiger partial charge in [0.15, 0.2) is 5.69 Å². The van der Waals surface area contributed by atoms with Gasteiger partial charge in [0.05, 0.1) is 11.3 Å². The average Bonchev–Trinajstić information content (AvgIpc) is 2.93. The van der Waals surface area contributed by atoms with Crippen LogP contribution in [0.3, 0.4) is 0 Å². The number of hydrogen-bond acceptors (Lipinski definition) is 7. The summed E-state index contributed by atoms with van der Waals surface area (Å²) >= 11 is 5.05. The number of unbranched alkanes of at least 4 members (excludes halogenated alkanes) is 2. The third-order valence-electron chi connectivity index (χ3n) is 5.29. The first-order valence-electron chi connectivity index (χ1n) is 10.2. The molecule has 0 bridgehead atoms. The van der Waals surface area contributed by atoms with Crippen LogP contribution in [-0.2, 0) is 10.5 Å². The van der Waals surface area contributed by atoms with Gasteiger partial charge in [-0.2, -0.15) is 4.98 Å². The monoisotopic (exact) mass is 497 g/mol. The molecule has 5 rings (SSSR count). The van der Waals surface area contributed by atoms with E-state index >= 15 is 0 Å². The summed E-state index contributed by atoms with van der Waals surface area (Å²) in [4.78, 5) is 17.9. The van der Waals surface area contributed by atoms with Crippen LogP contribution in [0.5, 0.6) is 5.88 Å². The molecule has 1 aromatic heterocycles. The molecule has 31 heavy (non-hydrogen) atoms. The molecule has 2 aliphatic heterocycles. The molecule has 2 N–H and O–H groups in total. The summed E-state index contributed by atoms with van der Waals surface area (Å²) in [6.07, 6.45) is 3.40. The van der Waals surface area contributed by atoms with Crippen LogP contribution in [0.25, 0.3) is 11.3 Å². The molecule has 3 aromatic rings. The third-order valence-corrected chi connectivity index (χ3v) is 6.70. The van der Waals surface area contributed by atoms with E-state index in [0.717, 1.165) is 40.7 Å². The Morgan fingerprint density at radius 3 is 2.87 bits per heavy atom. The van der Waals surface area contributed by atoms with Crippen LogP contribution >= 0.6 is 27.7 Å². The minimum atomic E-state index is -1.46. The van der Waals surface area contributed by atoms with E-state index in [1.54, 1.807) is 11.8 Å². The van der Waals surface area contributed by atoms with Crippen molar-refractivity contribution in [2.24, 2.45) is 0 Å². The first-order chi connectivity index (χ1) is 15.1. The number of carbonyl (C=O) groups excluding carboxylic acids is 1. The molecule has 0 saturated carbocycles. The van der Waals surface area contributed by atoms with Gasteiger partial charge in [0.1, 0.15) is 0 Å². The Labute approximate surface area is 192 Å². The first kappa shape index (κ1) is 20.3. The molecular formula is C22H20BrN5O2S. The van der Waals surface area contributed by atoms with Crippen molar-refractivity contribution in [2.45, 2.75) is 37.1 Å². The number of fused-ring (bicyclic) bond motifs is 5. The Bertz CT molecular complexity index is 1170. The van der Waals surface area contributed by atoms with Crippen LogP contribution in [0.4, 0.5) is 11.4 Å². The van der Waals surface area contributed by atoms with Crippen molar-refractivity contribution >= 4 is 45.0 Å². The Morgan fingerprint density at radius 1 is 1.13 bits per heavy atom. The number of nitrogens with zero attached hydrogens (tertiary/aromatic N) is 3. The number of halogens is 1. The fraction of sp³-hybridized carbons (Fsp3) is 0.273. The molecule has 1 amide bonds. The van der Waals surface area contributed by atoms with E-state index in [4.69, 9.17) is 4.74 Å². The molecule has 1 unspecified atom stereocenters. The summed E-state index contributed by atoms with van der Waals surface area (Å²) in [5.74, 6) is 0.886. The molecule has 2 aliphatic rings. The van der Waals surface area contributed by atoms with Gasteiger partial charge >= 0.3 is 0 Å². The molecule has 7 nitrogen and oxygen atoms in total. The number of para-hydroxylation sites is 1. The SMILES string of the molecule is CCCCCSc1nnc2c(n1)OC1(Nc3ccccc3-2)C(=O)Nc2ccc(Br)cc21. The van der Waals surface area contributed by atoms with Crippen molar-refractivity contribution in [3.8, 4) is 17.1 Å². The normalized spacial score (nSPS) is 18.3. The van der Waals surface area contributed by atoms with Crippen molar-refractivity contribution in [1.29, 1.82) is 0 Å². The smallest absolute Gasteiger partial charge is 0.295 e. The van der Waals surface area contributed by atoms with Crippen LogP contribution in [0.15, 0.2) is 52.1 Å². The van der Waals surface area contributed by atoms with Crippen molar-refractivity contribution in [1.82, 2.24) is 15.2 Å². The largest absolute Gasteiger partial charge is 0.435 e. The second-order valence-corrected chi connectivity index (χ2v) is 9.38. The number of thioether (sulfide) groups is 1. The number of amides is 1. The zero-order valence-electron chi connectivity index (χ0n) is 16.8. The van der Waals surface area contributed by atoms with Crippen LogP contribution in [-0.4, -0.2) is 26.8 Å². The van der Waals surface area contributed by atoms with Crippen molar-refractivity contribution in [2.75, 3.05) is 16.4 Å². The Balaban J connectivity index is 1.62. The lowest BCUT2D eigenvalue weighted by Gasteiger charge is -2.28. The van der Waals surface area contributed by atoms with Gasteiger partial charge in [0, 0.05) is 21.5 Å². The maximum Gasteiger partial charge on any atom is 0.295 e. The lowest BCUT2D eigenvalue weighted by molar-refractivity contribution is -0.128. The number of carbonyl (C=O) groups is 1. The number of rotatable bonds is 5. The number of aromatic nitrogens is 3. The highest BCUT2D eigenvalue weighted by Crippen LogP contribution is 2.47. The van der Waals surface area contributed by atoms with E-state index in [2.05, 4.69) is 48.7 Å². The van der Waals surface area contributed by atoms with E-state index in [-0.39, 0.29) is 11.8 Å². The molecule has 2 aromatic carbocycles. The standard InChI is InChI=1S/C22H20BrN5O2S/c1-2-3-6-11-31-21-25-19-18(27-28-21)14-7-4-5-8-16(14)26-22(30-19)15-12-13(23)9-10-17(15)24-20(22)29/h4-5,7-10,12,26H,2-3,6,11H2,1H3,(H,24,29). The van der Waals surface area contributed by atoms with Crippen LogP contribution in [0.2, 0.25) is 0 Å². The summed E-state index contributed by atoms with van der Waals surface area (Å²) in [6.45, 7) is 2.17. The second kappa shape index (κ2) is 8.12. The van der Waals surface area contributed by atoms with Crippen LogP contribution in [0.1, 0.15) is 31.7 Å². The highest BCUT2D eigenvalue weighted by Gasteiger charge is 2.52. The fourth-order valence-corrected chi connectivity index (χ4v) is 4.89. The Hall–Kier alpha value is -2.65. The lowest BCUT2D eigenvalue weighted by atomic mass is 10.0. The average molecular weight is 498 g/mol. The maximum absolute atomic E-state index is 13.2. The predicted octanol–water partition coefficient (Wildman–Crippen LogP) is 5.19. The molecule has 0 aliphatic carbocycles. The number of benzene rings is 2. The summed E-state index contributed by atoms with van der Waals surface area (Å²) in [6, 6.07) is 13.2. The van der Waals surface area contributed by atoms with E-state index in [1.165, 1.54) is 0 Å². The van der Waals surface area contributed by atoms with Gasteiger partial charge in [-0.25, -0.2) is 0 Å². The van der Waals surface area contributed by atoms with Gasteiger partial charge in [-0.1, -0.05) is 65.7 Å². The summed E-state index contributed by atoms with van der Waals surface area (Å²) in [5, 5.41) is 15.5.